The van der Waals surface area contributed by atoms with E-state index in [1.165, 1.54) is 5.56 Å². The fraction of sp³-hybridized carbons (Fsp3) is 0.111. The Morgan fingerprint density at radius 2 is 1.88 bits per heavy atom. The lowest BCUT2D eigenvalue weighted by Gasteiger charge is -2.12. The molecule has 6 nitrogen and oxygen atoms in total. The van der Waals surface area contributed by atoms with Crippen LogP contribution in [0.25, 0.3) is 10.9 Å². The van der Waals surface area contributed by atoms with Crippen LogP contribution in [0.4, 0.5) is 5.69 Å². The van der Waals surface area contributed by atoms with E-state index in [-0.39, 0.29) is 0 Å². The third kappa shape index (κ3) is 3.76. The van der Waals surface area contributed by atoms with Gasteiger partial charge in [0.2, 0.25) is 0 Å². The number of fused-ring (bicyclic) bond motifs is 1. The van der Waals surface area contributed by atoms with Gasteiger partial charge in [0.1, 0.15) is 5.75 Å². The summed E-state index contributed by atoms with van der Waals surface area (Å²) >= 11 is 6.79. The molecule has 3 aromatic rings. The van der Waals surface area contributed by atoms with E-state index in [9.17, 15) is 9.59 Å². The van der Waals surface area contributed by atoms with Gasteiger partial charge in [-0.1, -0.05) is 6.92 Å². The van der Waals surface area contributed by atoms with E-state index in [1.807, 2.05) is 24.4 Å². The molecule has 8 heteroatoms. The molecule has 26 heavy (non-hydrogen) atoms. The minimum absolute atomic E-state index is 0.331. The zero-order chi connectivity index (χ0) is 18.8. The highest BCUT2D eigenvalue weighted by molar-refractivity contribution is 9.11. The monoisotopic (exact) mass is 480 g/mol. The average molecular weight is 482 g/mol. The predicted molar refractivity (Wildman–Crippen MR) is 106 cm³/mol. The molecule has 0 radical (unpaired) electrons. The van der Waals surface area contributed by atoms with Crippen molar-refractivity contribution in [1.29, 1.82) is 0 Å². The molecule has 3 N–H and O–H groups in total. The van der Waals surface area contributed by atoms with Gasteiger partial charge < -0.3 is 20.1 Å². The van der Waals surface area contributed by atoms with Gasteiger partial charge >= 0.3 is 11.9 Å². The fourth-order valence-electron chi connectivity index (χ4n) is 2.55. The van der Waals surface area contributed by atoms with Gasteiger partial charge in [0.15, 0.2) is 5.75 Å². The SMILES string of the molecule is CCc1c[nH]c2ccc(Oc3c(Br)cc(NC(=O)C(=O)O)cc3Br)cc12. The lowest BCUT2D eigenvalue weighted by atomic mass is 10.1. The first-order valence-corrected chi connectivity index (χ1v) is 9.28. The summed E-state index contributed by atoms with van der Waals surface area (Å²) in [6.45, 7) is 2.09. The highest BCUT2D eigenvalue weighted by Crippen LogP contribution is 2.40. The molecule has 0 unspecified atom stereocenters. The third-order valence-corrected chi connectivity index (χ3v) is 4.97. The van der Waals surface area contributed by atoms with Crippen molar-refractivity contribution in [2.24, 2.45) is 0 Å². The van der Waals surface area contributed by atoms with Crippen LogP contribution in [0.2, 0.25) is 0 Å². The number of aliphatic carboxylic acids is 1. The van der Waals surface area contributed by atoms with Crippen molar-refractivity contribution in [1.82, 2.24) is 4.98 Å². The Balaban J connectivity index is 1.90. The first kappa shape index (κ1) is 18.5. The summed E-state index contributed by atoms with van der Waals surface area (Å²) in [5, 5.41) is 12.1. The smallest absolute Gasteiger partial charge is 0.394 e. The predicted octanol–water partition coefficient (Wildman–Crippen LogP) is 5.07. The second kappa shape index (κ2) is 7.51. The molecular formula is C18H14Br2N2O4. The van der Waals surface area contributed by atoms with Gasteiger partial charge in [0.05, 0.1) is 8.95 Å². The van der Waals surface area contributed by atoms with Gasteiger partial charge in [-0.05, 0) is 74.2 Å². The number of carbonyl (C=O) groups is 2. The maximum absolute atomic E-state index is 11.3. The number of carboxylic acids is 1. The van der Waals surface area contributed by atoms with Crippen LogP contribution in [-0.4, -0.2) is 22.0 Å². The Labute approximate surface area is 165 Å². The van der Waals surface area contributed by atoms with E-state index >= 15 is 0 Å². The van der Waals surface area contributed by atoms with E-state index in [0.29, 0.717) is 26.1 Å². The zero-order valence-corrected chi connectivity index (χ0v) is 16.8. The van der Waals surface area contributed by atoms with E-state index in [2.05, 4.69) is 49.1 Å². The molecule has 0 saturated carbocycles. The summed E-state index contributed by atoms with van der Waals surface area (Å²) in [7, 11) is 0. The van der Waals surface area contributed by atoms with Crippen LogP contribution >= 0.6 is 31.9 Å². The van der Waals surface area contributed by atoms with Gasteiger partial charge in [-0.15, -0.1) is 0 Å². The van der Waals surface area contributed by atoms with Crippen molar-refractivity contribution in [2.75, 3.05) is 5.32 Å². The number of nitrogens with one attached hydrogen (secondary N) is 2. The Morgan fingerprint density at radius 3 is 2.50 bits per heavy atom. The van der Waals surface area contributed by atoms with Crippen LogP contribution in [0.5, 0.6) is 11.5 Å². The van der Waals surface area contributed by atoms with Gasteiger partial charge in [0, 0.05) is 22.8 Å². The van der Waals surface area contributed by atoms with E-state index in [0.717, 1.165) is 17.3 Å². The van der Waals surface area contributed by atoms with Gasteiger partial charge in [0.25, 0.3) is 0 Å². The number of aromatic amines is 1. The molecule has 1 heterocycles. The number of carbonyl (C=O) groups excluding carboxylic acids is 1. The quantitative estimate of drug-likeness (QED) is 0.453. The molecule has 1 amide bonds. The number of aromatic nitrogens is 1. The normalized spacial score (nSPS) is 10.7. The Morgan fingerprint density at radius 1 is 1.19 bits per heavy atom. The second-order valence-electron chi connectivity index (χ2n) is 5.51. The molecule has 2 aromatic carbocycles. The van der Waals surface area contributed by atoms with Gasteiger partial charge in [-0.2, -0.15) is 0 Å². The van der Waals surface area contributed by atoms with E-state index in [4.69, 9.17) is 9.84 Å². The number of anilines is 1. The number of hydrogen-bond donors (Lipinski definition) is 3. The molecule has 0 atom stereocenters. The summed E-state index contributed by atoms with van der Waals surface area (Å²) in [6, 6.07) is 8.93. The van der Waals surface area contributed by atoms with Crippen molar-refractivity contribution in [3.8, 4) is 11.5 Å². The molecule has 0 fully saturated rings. The van der Waals surface area contributed by atoms with E-state index < -0.39 is 11.9 Å². The first-order chi connectivity index (χ1) is 12.4. The molecule has 134 valence electrons. The molecule has 0 saturated heterocycles. The van der Waals surface area contributed by atoms with Crippen LogP contribution in [-0.2, 0) is 16.0 Å². The molecule has 0 aliphatic rings. The maximum atomic E-state index is 11.3. The average Bonchev–Trinajstić information content (AvgIpc) is 3.00. The van der Waals surface area contributed by atoms with Crippen LogP contribution < -0.4 is 10.1 Å². The number of aryl methyl sites for hydroxylation is 1. The summed E-state index contributed by atoms with van der Waals surface area (Å²) < 4.78 is 7.12. The minimum Gasteiger partial charge on any atom is -0.474 e. The third-order valence-electron chi connectivity index (χ3n) is 3.79. The molecule has 0 aliphatic heterocycles. The minimum atomic E-state index is -1.55. The van der Waals surface area contributed by atoms with Crippen LogP contribution in [0, 0.1) is 0 Å². The Hall–Kier alpha value is -2.32. The van der Waals surface area contributed by atoms with Crippen molar-refractivity contribution >= 4 is 60.3 Å². The van der Waals surface area contributed by atoms with Crippen molar-refractivity contribution < 1.29 is 19.4 Å². The summed E-state index contributed by atoms with van der Waals surface area (Å²) in [6.07, 6.45) is 2.90. The van der Waals surface area contributed by atoms with Gasteiger partial charge in [-0.3, -0.25) is 4.79 Å². The number of carboxylic acid groups (broad SMARTS) is 1. The molecule has 0 spiro atoms. The number of rotatable bonds is 4. The Kier molecular flexibility index (Phi) is 5.33. The van der Waals surface area contributed by atoms with Crippen molar-refractivity contribution in [3.63, 3.8) is 0 Å². The highest BCUT2D eigenvalue weighted by atomic mass is 79.9. The van der Waals surface area contributed by atoms with Crippen LogP contribution in [0.15, 0.2) is 45.5 Å². The van der Waals surface area contributed by atoms with Crippen LogP contribution in [0.1, 0.15) is 12.5 Å². The molecule has 1 aromatic heterocycles. The topological polar surface area (TPSA) is 91.4 Å². The molecule has 3 rings (SSSR count). The highest BCUT2D eigenvalue weighted by Gasteiger charge is 2.15. The molecular weight excluding hydrogens is 468 g/mol. The van der Waals surface area contributed by atoms with Gasteiger partial charge in [-0.25, -0.2) is 4.79 Å². The summed E-state index contributed by atoms with van der Waals surface area (Å²) in [4.78, 5) is 25.2. The first-order valence-electron chi connectivity index (χ1n) is 7.70. The van der Waals surface area contributed by atoms with E-state index in [1.54, 1.807) is 12.1 Å². The zero-order valence-electron chi connectivity index (χ0n) is 13.6. The largest absolute Gasteiger partial charge is 0.474 e. The number of benzene rings is 2. The van der Waals surface area contributed by atoms with Crippen molar-refractivity contribution in [2.45, 2.75) is 13.3 Å². The maximum Gasteiger partial charge on any atom is 0.394 e. The number of halogens is 2. The fourth-order valence-corrected chi connectivity index (χ4v) is 3.89. The molecule has 0 bridgehead atoms. The summed E-state index contributed by atoms with van der Waals surface area (Å²) in [5.74, 6) is -1.48. The van der Waals surface area contributed by atoms with Crippen LogP contribution in [0.3, 0.4) is 0 Å². The number of hydrogen-bond acceptors (Lipinski definition) is 3. The second-order valence-corrected chi connectivity index (χ2v) is 7.21. The number of ether oxygens (including phenoxy) is 1. The Bertz CT molecular complexity index is 991. The number of H-pyrrole nitrogens is 1. The van der Waals surface area contributed by atoms with Crippen molar-refractivity contribution in [3.05, 3.63) is 51.0 Å². The standard InChI is InChI=1S/C18H14Br2N2O4/c1-2-9-8-21-15-4-3-11(7-12(9)15)26-16-13(19)5-10(6-14(16)20)22-17(23)18(24)25/h3-8,21H,2H2,1H3,(H,22,23)(H,24,25). The lowest BCUT2D eigenvalue weighted by Crippen LogP contribution is -2.21. The lowest BCUT2D eigenvalue weighted by molar-refractivity contribution is -0.147. The molecule has 0 aliphatic carbocycles. The summed E-state index contributed by atoms with van der Waals surface area (Å²) in [5.41, 5.74) is 2.58. The number of amides is 1.